The van der Waals surface area contributed by atoms with E-state index in [9.17, 15) is 17.6 Å². The van der Waals surface area contributed by atoms with Crippen LogP contribution in [0.4, 0.5) is 17.6 Å². The summed E-state index contributed by atoms with van der Waals surface area (Å²) < 4.78 is 49.6. The molecule has 0 spiro atoms. The first-order valence-corrected chi connectivity index (χ1v) is 4.52. The van der Waals surface area contributed by atoms with Crippen molar-refractivity contribution in [2.45, 2.75) is 26.4 Å². The molecule has 0 N–H and O–H groups in total. The van der Waals surface area contributed by atoms with E-state index in [-0.39, 0.29) is 11.6 Å². The van der Waals surface area contributed by atoms with Gasteiger partial charge in [0.25, 0.3) is 0 Å². The van der Waals surface area contributed by atoms with Crippen molar-refractivity contribution in [3.05, 3.63) is 29.3 Å². The fourth-order valence-electron chi connectivity index (χ4n) is 1.16. The van der Waals surface area contributed by atoms with E-state index in [1.807, 2.05) is 13.8 Å². The summed E-state index contributed by atoms with van der Waals surface area (Å²) in [6.45, 7) is 3.69. The van der Waals surface area contributed by atoms with Gasteiger partial charge in [0.1, 0.15) is 5.82 Å². The predicted molar refractivity (Wildman–Crippen MR) is 47.7 cm³/mol. The molecule has 0 aliphatic carbocycles. The molecule has 0 radical (unpaired) electrons. The molecular weight excluding hydrogens is 210 g/mol. The van der Waals surface area contributed by atoms with Crippen molar-refractivity contribution in [3.63, 3.8) is 0 Å². The van der Waals surface area contributed by atoms with Gasteiger partial charge < -0.3 is 0 Å². The first kappa shape index (κ1) is 11.9. The van der Waals surface area contributed by atoms with E-state index < -0.39 is 17.6 Å². The highest BCUT2D eigenvalue weighted by Gasteiger charge is 2.31. The van der Waals surface area contributed by atoms with Crippen LogP contribution in [0.15, 0.2) is 12.3 Å². The molecule has 1 nitrogen and oxygen atoms in total. The molecule has 0 aliphatic heterocycles. The van der Waals surface area contributed by atoms with Gasteiger partial charge in [-0.15, -0.1) is 0 Å². The Morgan fingerprint density at radius 2 is 1.93 bits per heavy atom. The quantitative estimate of drug-likeness (QED) is 0.697. The highest BCUT2D eigenvalue weighted by Crippen LogP contribution is 2.29. The second-order valence-electron chi connectivity index (χ2n) is 3.75. The van der Waals surface area contributed by atoms with Crippen molar-refractivity contribution < 1.29 is 17.6 Å². The normalized spacial score (nSPS) is 12.2. The van der Waals surface area contributed by atoms with Crippen LogP contribution in [0.2, 0.25) is 0 Å². The Hall–Kier alpha value is -1.13. The molecule has 0 aliphatic rings. The van der Waals surface area contributed by atoms with E-state index in [4.69, 9.17) is 0 Å². The second-order valence-corrected chi connectivity index (χ2v) is 3.75. The van der Waals surface area contributed by atoms with Crippen LogP contribution in [0, 0.1) is 11.7 Å². The van der Waals surface area contributed by atoms with Crippen molar-refractivity contribution in [1.82, 2.24) is 4.98 Å². The molecule has 0 amide bonds. The van der Waals surface area contributed by atoms with Crippen LogP contribution in [0.3, 0.4) is 0 Å². The lowest BCUT2D eigenvalue weighted by atomic mass is 10.1. The SMILES string of the molecule is CC(C)Cc1ncc(C(F)(F)F)cc1F. The van der Waals surface area contributed by atoms with Crippen molar-refractivity contribution >= 4 is 0 Å². The van der Waals surface area contributed by atoms with Gasteiger partial charge in [-0.05, 0) is 18.4 Å². The minimum absolute atomic E-state index is 0.0815. The molecule has 1 heterocycles. The standard InChI is InChI=1S/C10H11F4N/c1-6(2)3-9-8(11)4-7(5-15-9)10(12,13)14/h4-6H,3H2,1-2H3. The Bertz CT molecular complexity index is 344. The zero-order chi connectivity index (χ0) is 11.6. The lowest BCUT2D eigenvalue weighted by Gasteiger charge is -2.09. The van der Waals surface area contributed by atoms with E-state index in [0.717, 1.165) is 0 Å². The molecule has 0 saturated heterocycles. The molecule has 0 atom stereocenters. The summed E-state index contributed by atoms with van der Waals surface area (Å²) in [5, 5.41) is 0. The van der Waals surface area contributed by atoms with Crippen LogP contribution in [0.25, 0.3) is 0 Å². The molecule has 1 aromatic heterocycles. The van der Waals surface area contributed by atoms with Crippen LogP contribution >= 0.6 is 0 Å². The molecule has 15 heavy (non-hydrogen) atoms. The predicted octanol–water partition coefficient (Wildman–Crippen LogP) is 3.44. The number of aromatic nitrogens is 1. The summed E-state index contributed by atoms with van der Waals surface area (Å²) in [5.41, 5.74) is -0.967. The highest BCUT2D eigenvalue weighted by atomic mass is 19.4. The third-order valence-corrected chi connectivity index (χ3v) is 1.85. The van der Waals surface area contributed by atoms with E-state index in [1.165, 1.54) is 0 Å². The van der Waals surface area contributed by atoms with E-state index in [2.05, 4.69) is 4.98 Å². The Morgan fingerprint density at radius 1 is 1.33 bits per heavy atom. The van der Waals surface area contributed by atoms with Crippen LogP contribution < -0.4 is 0 Å². The third-order valence-electron chi connectivity index (χ3n) is 1.85. The molecule has 84 valence electrons. The highest BCUT2D eigenvalue weighted by molar-refractivity contribution is 5.19. The van der Waals surface area contributed by atoms with E-state index in [0.29, 0.717) is 18.7 Å². The van der Waals surface area contributed by atoms with Crippen molar-refractivity contribution in [1.29, 1.82) is 0 Å². The number of pyridine rings is 1. The van der Waals surface area contributed by atoms with Crippen molar-refractivity contribution in [3.8, 4) is 0 Å². The zero-order valence-corrected chi connectivity index (χ0v) is 8.40. The number of halogens is 4. The maximum Gasteiger partial charge on any atom is 0.417 e. The maximum atomic E-state index is 13.2. The topological polar surface area (TPSA) is 12.9 Å². The molecule has 0 aromatic carbocycles. The van der Waals surface area contributed by atoms with Crippen molar-refractivity contribution in [2.75, 3.05) is 0 Å². The maximum absolute atomic E-state index is 13.2. The Labute approximate surface area is 85.1 Å². The van der Waals surface area contributed by atoms with Gasteiger partial charge >= 0.3 is 6.18 Å². The Kier molecular flexibility index (Phi) is 3.31. The minimum Gasteiger partial charge on any atom is -0.258 e. The lowest BCUT2D eigenvalue weighted by molar-refractivity contribution is -0.138. The van der Waals surface area contributed by atoms with Gasteiger partial charge in [0, 0.05) is 6.20 Å². The van der Waals surface area contributed by atoms with Gasteiger partial charge in [-0.2, -0.15) is 13.2 Å². The van der Waals surface area contributed by atoms with Gasteiger partial charge in [-0.1, -0.05) is 13.8 Å². The number of hydrogen-bond donors (Lipinski definition) is 0. The lowest BCUT2D eigenvalue weighted by Crippen LogP contribution is -2.09. The van der Waals surface area contributed by atoms with Gasteiger partial charge in [0.2, 0.25) is 0 Å². The summed E-state index contributed by atoms with van der Waals surface area (Å²) >= 11 is 0. The van der Waals surface area contributed by atoms with E-state index in [1.54, 1.807) is 0 Å². The zero-order valence-electron chi connectivity index (χ0n) is 8.40. The molecule has 0 bridgehead atoms. The van der Waals surface area contributed by atoms with Gasteiger partial charge in [0.05, 0.1) is 11.3 Å². The van der Waals surface area contributed by atoms with Crippen LogP contribution in [0.1, 0.15) is 25.1 Å². The monoisotopic (exact) mass is 221 g/mol. The summed E-state index contributed by atoms with van der Waals surface area (Å²) in [7, 11) is 0. The van der Waals surface area contributed by atoms with Gasteiger partial charge in [-0.25, -0.2) is 4.39 Å². The Balaban J connectivity index is 2.98. The number of hydrogen-bond acceptors (Lipinski definition) is 1. The molecule has 0 saturated carbocycles. The first-order chi connectivity index (χ1) is 6.80. The second kappa shape index (κ2) is 4.16. The number of rotatable bonds is 2. The molecule has 0 unspecified atom stereocenters. The molecule has 1 aromatic rings. The number of alkyl halides is 3. The average molecular weight is 221 g/mol. The molecule has 1 rings (SSSR count). The van der Waals surface area contributed by atoms with Crippen LogP contribution in [-0.2, 0) is 12.6 Å². The summed E-state index contributed by atoms with van der Waals surface area (Å²) in [4.78, 5) is 3.49. The van der Waals surface area contributed by atoms with Crippen LogP contribution in [0.5, 0.6) is 0 Å². The summed E-state index contributed by atoms with van der Waals surface area (Å²) in [6, 6.07) is 0.491. The van der Waals surface area contributed by atoms with E-state index >= 15 is 0 Å². The molecule has 5 heteroatoms. The van der Waals surface area contributed by atoms with Gasteiger partial charge in [-0.3, -0.25) is 4.98 Å². The average Bonchev–Trinajstić information content (AvgIpc) is 2.05. The fourth-order valence-corrected chi connectivity index (χ4v) is 1.16. The summed E-state index contributed by atoms with van der Waals surface area (Å²) in [5.74, 6) is -0.734. The number of nitrogens with zero attached hydrogens (tertiary/aromatic N) is 1. The van der Waals surface area contributed by atoms with Crippen molar-refractivity contribution in [2.24, 2.45) is 5.92 Å². The smallest absolute Gasteiger partial charge is 0.258 e. The third kappa shape index (κ3) is 3.18. The first-order valence-electron chi connectivity index (χ1n) is 4.52. The van der Waals surface area contributed by atoms with Gasteiger partial charge in [0.15, 0.2) is 0 Å². The molecular formula is C10H11F4N. The largest absolute Gasteiger partial charge is 0.417 e. The Morgan fingerprint density at radius 3 is 2.33 bits per heavy atom. The van der Waals surface area contributed by atoms with Crippen LogP contribution in [-0.4, -0.2) is 4.98 Å². The molecule has 0 fully saturated rings. The summed E-state index contributed by atoms with van der Waals surface area (Å²) in [6.07, 6.45) is -3.53. The minimum atomic E-state index is -4.54. The fraction of sp³-hybridized carbons (Fsp3) is 0.500.